The topological polar surface area (TPSA) is 91.2 Å². The Labute approximate surface area is 187 Å². The third kappa shape index (κ3) is 3.83. The second-order valence-corrected chi connectivity index (χ2v) is 9.92. The van der Waals surface area contributed by atoms with Gasteiger partial charge in [0.05, 0.1) is 11.4 Å². The fourth-order valence-corrected chi connectivity index (χ4v) is 5.64. The molecule has 0 spiro atoms. The summed E-state index contributed by atoms with van der Waals surface area (Å²) in [7, 11) is 1.54. The molecule has 2 bridgehead atoms. The lowest BCUT2D eigenvalue weighted by molar-refractivity contribution is -0.177. The maximum absolute atomic E-state index is 13.3. The SMILES string of the molecule is CN1C(=O)C2(C)CC(C)(C(=O)Nc3ccc(N=Nc4ccccc4)cc3)CC(C)(C2)C1=O. The van der Waals surface area contributed by atoms with E-state index in [0.717, 1.165) is 5.69 Å². The zero-order valence-corrected chi connectivity index (χ0v) is 18.9. The van der Waals surface area contributed by atoms with Crippen LogP contribution in [0.15, 0.2) is 64.8 Å². The van der Waals surface area contributed by atoms with Crippen LogP contribution < -0.4 is 5.32 Å². The third-order valence-electron chi connectivity index (χ3n) is 6.69. The molecule has 0 radical (unpaired) electrons. The van der Waals surface area contributed by atoms with Crippen molar-refractivity contribution in [3.63, 3.8) is 0 Å². The molecule has 2 aliphatic rings. The number of benzene rings is 2. The minimum absolute atomic E-state index is 0.182. The van der Waals surface area contributed by atoms with Crippen LogP contribution in [-0.2, 0) is 14.4 Å². The van der Waals surface area contributed by atoms with Crippen molar-refractivity contribution in [2.45, 2.75) is 40.0 Å². The number of azo groups is 1. The van der Waals surface area contributed by atoms with Crippen LogP contribution in [0, 0.1) is 16.2 Å². The Morgan fingerprint density at radius 1 is 0.812 bits per heavy atom. The molecule has 2 aromatic carbocycles. The number of hydrogen-bond donors (Lipinski definition) is 1. The lowest BCUT2D eigenvalue weighted by atomic mass is 9.51. The standard InChI is InChI=1S/C25H28N4O3/c1-23(14-24(2)16-25(3,15-23)22(32)29(4)21(24)31)20(30)26-17-10-12-19(13-11-17)28-27-18-8-6-5-7-9-18/h5-13H,14-16H2,1-4H3,(H,26,30). The van der Waals surface area contributed by atoms with Gasteiger partial charge in [0.1, 0.15) is 0 Å². The fraction of sp³-hybridized carbons (Fsp3) is 0.400. The smallest absolute Gasteiger partial charge is 0.234 e. The number of anilines is 1. The Kier molecular flexibility index (Phi) is 5.23. The molecule has 1 saturated heterocycles. The molecule has 1 heterocycles. The summed E-state index contributed by atoms with van der Waals surface area (Å²) < 4.78 is 0. The van der Waals surface area contributed by atoms with Gasteiger partial charge in [-0.25, -0.2) is 0 Å². The third-order valence-corrected chi connectivity index (χ3v) is 6.69. The van der Waals surface area contributed by atoms with Gasteiger partial charge in [0.2, 0.25) is 17.7 Å². The van der Waals surface area contributed by atoms with Gasteiger partial charge in [-0.1, -0.05) is 39.0 Å². The number of nitrogens with zero attached hydrogens (tertiary/aromatic N) is 3. The van der Waals surface area contributed by atoms with Gasteiger partial charge in [0.15, 0.2) is 0 Å². The number of carbonyl (C=O) groups excluding carboxylic acids is 3. The van der Waals surface area contributed by atoms with E-state index in [2.05, 4.69) is 15.5 Å². The highest BCUT2D eigenvalue weighted by atomic mass is 16.2. The highest BCUT2D eigenvalue weighted by molar-refractivity contribution is 6.05. The molecule has 7 heteroatoms. The van der Waals surface area contributed by atoms with Crippen LogP contribution in [-0.4, -0.2) is 29.7 Å². The van der Waals surface area contributed by atoms with E-state index < -0.39 is 16.2 Å². The Hall–Kier alpha value is -3.35. The van der Waals surface area contributed by atoms with Gasteiger partial charge in [-0.2, -0.15) is 10.2 Å². The molecular weight excluding hydrogens is 404 g/mol. The molecule has 32 heavy (non-hydrogen) atoms. The van der Waals surface area contributed by atoms with Crippen LogP contribution in [0.2, 0.25) is 0 Å². The van der Waals surface area contributed by atoms with Crippen LogP contribution in [0.25, 0.3) is 0 Å². The Morgan fingerprint density at radius 3 is 1.84 bits per heavy atom. The Morgan fingerprint density at radius 2 is 1.31 bits per heavy atom. The predicted molar refractivity (Wildman–Crippen MR) is 122 cm³/mol. The zero-order valence-electron chi connectivity index (χ0n) is 18.9. The maximum Gasteiger partial charge on any atom is 0.234 e. The van der Waals surface area contributed by atoms with Gasteiger partial charge in [-0.15, -0.1) is 0 Å². The van der Waals surface area contributed by atoms with Crippen molar-refractivity contribution in [2.75, 3.05) is 12.4 Å². The van der Waals surface area contributed by atoms with Crippen molar-refractivity contribution in [3.05, 3.63) is 54.6 Å². The summed E-state index contributed by atoms with van der Waals surface area (Å²) in [5.41, 5.74) is -0.232. The van der Waals surface area contributed by atoms with Gasteiger partial charge in [-0.3, -0.25) is 19.3 Å². The van der Waals surface area contributed by atoms with Gasteiger partial charge in [0.25, 0.3) is 0 Å². The monoisotopic (exact) mass is 432 g/mol. The number of hydrogen-bond acceptors (Lipinski definition) is 5. The van der Waals surface area contributed by atoms with Gasteiger partial charge >= 0.3 is 0 Å². The van der Waals surface area contributed by atoms with E-state index in [4.69, 9.17) is 0 Å². The van der Waals surface area contributed by atoms with E-state index in [1.54, 1.807) is 31.3 Å². The highest BCUT2D eigenvalue weighted by Crippen LogP contribution is 2.58. The van der Waals surface area contributed by atoms with E-state index in [0.29, 0.717) is 30.6 Å². The normalized spacial score (nSPS) is 29.9. The lowest BCUT2D eigenvalue weighted by Crippen LogP contribution is -2.63. The number of nitrogens with one attached hydrogen (secondary N) is 1. The molecule has 0 aromatic heterocycles. The molecule has 166 valence electrons. The molecule has 2 fully saturated rings. The molecular formula is C25H28N4O3. The average molecular weight is 433 g/mol. The van der Waals surface area contributed by atoms with E-state index in [9.17, 15) is 14.4 Å². The van der Waals surface area contributed by atoms with Crippen molar-refractivity contribution in [1.29, 1.82) is 0 Å². The number of piperidine rings is 1. The zero-order chi connectivity index (χ0) is 23.1. The first-order chi connectivity index (χ1) is 15.0. The van der Waals surface area contributed by atoms with E-state index >= 15 is 0 Å². The summed E-state index contributed by atoms with van der Waals surface area (Å²) in [6.45, 7) is 5.59. The van der Waals surface area contributed by atoms with Crippen LogP contribution in [0.4, 0.5) is 17.1 Å². The summed E-state index contributed by atoms with van der Waals surface area (Å²) in [4.78, 5) is 40.2. The first-order valence-corrected chi connectivity index (χ1v) is 10.8. The molecule has 2 aromatic rings. The molecule has 4 rings (SSSR count). The summed E-state index contributed by atoms with van der Waals surface area (Å²) in [5.74, 6) is -0.586. The van der Waals surface area contributed by atoms with Gasteiger partial charge < -0.3 is 5.32 Å². The van der Waals surface area contributed by atoms with Crippen molar-refractivity contribution in [2.24, 2.45) is 26.5 Å². The minimum atomic E-state index is -0.833. The second-order valence-electron chi connectivity index (χ2n) is 9.92. The van der Waals surface area contributed by atoms with Crippen molar-refractivity contribution in [3.8, 4) is 0 Å². The van der Waals surface area contributed by atoms with Crippen molar-refractivity contribution >= 4 is 34.8 Å². The largest absolute Gasteiger partial charge is 0.326 e. The Bertz CT molecular complexity index is 1070. The van der Waals surface area contributed by atoms with E-state index in [-0.39, 0.29) is 17.7 Å². The molecule has 3 amide bonds. The number of fused-ring (bicyclic) bond motifs is 2. The first-order valence-electron chi connectivity index (χ1n) is 10.8. The van der Waals surface area contributed by atoms with E-state index in [1.165, 1.54) is 4.90 Å². The van der Waals surface area contributed by atoms with Crippen molar-refractivity contribution in [1.82, 2.24) is 4.90 Å². The number of imide groups is 1. The van der Waals surface area contributed by atoms with Gasteiger partial charge in [-0.05, 0) is 55.7 Å². The summed E-state index contributed by atoms with van der Waals surface area (Å²) in [6, 6.07) is 16.6. The Balaban J connectivity index is 1.49. The molecule has 1 aliphatic carbocycles. The van der Waals surface area contributed by atoms with Crippen LogP contribution >= 0.6 is 0 Å². The summed E-state index contributed by atoms with van der Waals surface area (Å²) in [6.07, 6.45) is 1.29. The lowest BCUT2D eigenvalue weighted by Gasteiger charge is -2.55. The van der Waals surface area contributed by atoms with E-state index in [1.807, 2.05) is 51.1 Å². The molecule has 7 nitrogen and oxygen atoms in total. The quantitative estimate of drug-likeness (QED) is 0.529. The number of amides is 3. The number of rotatable bonds is 4. The van der Waals surface area contributed by atoms with Gasteiger partial charge in [0, 0.05) is 29.0 Å². The highest BCUT2D eigenvalue weighted by Gasteiger charge is 2.62. The predicted octanol–water partition coefficient (Wildman–Crippen LogP) is 5.24. The summed E-state index contributed by atoms with van der Waals surface area (Å²) >= 11 is 0. The molecule has 2 unspecified atom stereocenters. The van der Waals surface area contributed by atoms with Crippen LogP contribution in [0.5, 0.6) is 0 Å². The number of carbonyl (C=O) groups is 3. The summed E-state index contributed by atoms with van der Waals surface area (Å²) in [5, 5.41) is 11.4. The van der Waals surface area contributed by atoms with Crippen LogP contribution in [0.3, 0.4) is 0 Å². The average Bonchev–Trinajstić information content (AvgIpc) is 2.76. The second kappa shape index (κ2) is 7.65. The molecule has 2 atom stereocenters. The van der Waals surface area contributed by atoms with Crippen LogP contribution in [0.1, 0.15) is 40.0 Å². The molecule has 1 aliphatic heterocycles. The fourth-order valence-electron chi connectivity index (χ4n) is 5.64. The molecule has 1 N–H and O–H groups in total. The maximum atomic E-state index is 13.3. The molecule has 1 saturated carbocycles. The first kappa shape index (κ1) is 21.9. The van der Waals surface area contributed by atoms with Crippen molar-refractivity contribution < 1.29 is 14.4 Å². The number of likely N-dealkylation sites (tertiary alicyclic amines) is 1. The minimum Gasteiger partial charge on any atom is -0.326 e.